The molecule has 1 amide bonds. The van der Waals surface area contributed by atoms with Gasteiger partial charge in [0.1, 0.15) is 5.82 Å². The van der Waals surface area contributed by atoms with Crippen molar-refractivity contribution in [3.63, 3.8) is 0 Å². The number of benzene rings is 1. The lowest BCUT2D eigenvalue weighted by molar-refractivity contribution is 0.0994. The lowest BCUT2D eigenvalue weighted by Gasteiger charge is -2.05. The van der Waals surface area contributed by atoms with Crippen LogP contribution in [-0.2, 0) is 0 Å². The fourth-order valence-corrected chi connectivity index (χ4v) is 1.77. The Morgan fingerprint density at radius 2 is 2.24 bits per heavy atom. The number of aryl methyl sites for hydroxylation is 2. The molecule has 0 aliphatic carbocycles. The summed E-state index contributed by atoms with van der Waals surface area (Å²) >= 11 is 0. The van der Waals surface area contributed by atoms with E-state index in [1.165, 1.54) is 12.1 Å². The Bertz CT molecular complexity index is 741. The lowest BCUT2D eigenvalue weighted by atomic mass is 10.2. The minimum atomic E-state index is -0.582. The number of hydrogen-bond acceptors (Lipinski definition) is 4. The van der Waals surface area contributed by atoms with Crippen molar-refractivity contribution in [1.29, 1.82) is 0 Å². The third-order valence-corrected chi connectivity index (χ3v) is 2.66. The second kappa shape index (κ2) is 6.20. The molecule has 0 atom stereocenters. The minimum absolute atomic E-state index is 0.0479. The molecule has 0 unspecified atom stereocenters. The van der Waals surface area contributed by atoms with E-state index in [1.807, 2.05) is 0 Å². The highest BCUT2D eigenvalue weighted by Crippen LogP contribution is 2.18. The first-order valence-corrected chi connectivity index (χ1v) is 6.25. The molecule has 1 heterocycles. The zero-order valence-corrected chi connectivity index (χ0v) is 11.7. The van der Waals surface area contributed by atoms with Crippen LogP contribution < -0.4 is 11.1 Å². The second-order valence-electron chi connectivity index (χ2n) is 4.30. The first-order chi connectivity index (χ1) is 10.0. The fraction of sp³-hybridized carbons (Fsp3) is 0.200. The monoisotopic (exact) mass is 287 g/mol. The average Bonchev–Trinajstić information content (AvgIpc) is 2.78. The molecule has 1 aromatic carbocycles. The highest BCUT2D eigenvalue weighted by Gasteiger charge is 2.17. The van der Waals surface area contributed by atoms with Crippen LogP contribution >= 0.6 is 0 Å². The van der Waals surface area contributed by atoms with Gasteiger partial charge in [-0.05, 0) is 25.1 Å². The lowest BCUT2D eigenvalue weighted by Crippen LogP contribution is -2.13. The summed E-state index contributed by atoms with van der Waals surface area (Å²) in [7, 11) is 0. The maximum absolute atomic E-state index is 13.9. The maximum atomic E-state index is 13.9. The van der Waals surface area contributed by atoms with Crippen molar-refractivity contribution in [2.24, 2.45) is 5.73 Å². The number of carbonyl (C=O) groups is 1. The molecule has 3 N–H and O–H groups in total. The standard InChI is InChI=1S/C15H14FN3O2/c1-9-14(21-10(2)18-9)15(20)19-13-6-5-11(4-3-7-17)8-12(13)16/h5-6,8H,7,17H2,1-2H3,(H,19,20). The molecule has 0 bridgehead atoms. The predicted molar refractivity (Wildman–Crippen MR) is 76.3 cm³/mol. The molecule has 0 radical (unpaired) electrons. The topological polar surface area (TPSA) is 81.2 Å². The van der Waals surface area contributed by atoms with Crippen LogP contribution in [0.1, 0.15) is 27.7 Å². The van der Waals surface area contributed by atoms with Crippen molar-refractivity contribution in [3.05, 3.63) is 46.9 Å². The Labute approximate surface area is 121 Å². The number of anilines is 1. The van der Waals surface area contributed by atoms with Gasteiger partial charge >= 0.3 is 0 Å². The number of nitrogens with one attached hydrogen (secondary N) is 1. The number of aromatic nitrogens is 1. The van der Waals surface area contributed by atoms with E-state index < -0.39 is 11.7 Å². The Hall–Kier alpha value is -2.65. The third kappa shape index (κ3) is 3.46. The molecule has 0 aliphatic heterocycles. The van der Waals surface area contributed by atoms with Crippen LogP contribution in [0.4, 0.5) is 10.1 Å². The van der Waals surface area contributed by atoms with Crippen LogP contribution in [0.5, 0.6) is 0 Å². The number of hydrogen-bond donors (Lipinski definition) is 2. The Morgan fingerprint density at radius 1 is 1.48 bits per heavy atom. The van der Waals surface area contributed by atoms with Crippen LogP contribution in [0.15, 0.2) is 22.6 Å². The summed E-state index contributed by atoms with van der Waals surface area (Å²) in [4.78, 5) is 16.0. The maximum Gasteiger partial charge on any atom is 0.293 e. The number of oxazole rings is 1. The molecule has 21 heavy (non-hydrogen) atoms. The largest absolute Gasteiger partial charge is 0.436 e. The van der Waals surface area contributed by atoms with Gasteiger partial charge in [-0.25, -0.2) is 9.37 Å². The van der Waals surface area contributed by atoms with Crippen molar-refractivity contribution in [2.45, 2.75) is 13.8 Å². The summed E-state index contributed by atoms with van der Waals surface area (Å²) in [5.41, 5.74) is 6.24. The van der Waals surface area contributed by atoms with Gasteiger partial charge in [0, 0.05) is 12.5 Å². The van der Waals surface area contributed by atoms with Crippen LogP contribution in [0, 0.1) is 31.5 Å². The third-order valence-electron chi connectivity index (χ3n) is 2.66. The quantitative estimate of drug-likeness (QED) is 0.828. The highest BCUT2D eigenvalue weighted by molar-refractivity contribution is 6.03. The van der Waals surface area contributed by atoms with E-state index >= 15 is 0 Å². The number of rotatable bonds is 2. The second-order valence-corrected chi connectivity index (χ2v) is 4.30. The highest BCUT2D eigenvalue weighted by atomic mass is 19.1. The van der Waals surface area contributed by atoms with E-state index in [0.717, 1.165) is 0 Å². The van der Waals surface area contributed by atoms with Gasteiger partial charge in [0.05, 0.1) is 17.9 Å². The van der Waals surface area contributed by atoms with Crippen LogP contribution in [0.3, 0.4) is 0 Å². The van der Waals surface area contributed by atoms with Gasteiger partial charge in [-0.2, -0.15) is 0 Å². The SMILES string of the molecule is Cc1nc(C)c(C(=O)Nc2ccc(C#CCN)cc2F)o1. The number of nitrogens with two attached hydrogens (primary N) is 1. The van der Waals surface area contributed by atoms with Crippen LogP contribution in [-0.4, -0.2) is 17.4 Å². The number of nitrogens with zero attached hydrogens (tertiary/aromatic N) is 1. The van der Waals surface area contributed by atoms with Crippen molar-refractivity contribution < 1.29 is 13.6 Å². The van der Waals surface area contributed by atoms with E-state index in [0.29, 0.717) is 17.1 Å². The van der Waals surface area contributed by atoms with Gasteiger partial charge < -0.3 is 15.5 Å². The molecule has 0 fully saturated rings. The summed E-state index contributed by atoms with van der Waals surface area (Å²) < 4.78 is 19.1. The minimum Gasteiger partial charge on any atom is -0.436 e. The number of amides is 1. The van der Waals surface area contributed by atoms with Crippen LogP contribution in [0.25, 0.3) is 0 Å². The smallest absolute Gasteiger partial charge is 0.293 e. The molecule has 1 aromatic heterocycles. The zero-order chi connectivity index (χ0) is 15.4. The zero-order valence-electron chi connectivity index (χ0n) is 11.7. The van der Waals surface area contributed by atoms with Crippen molar-refractivity contribution in [1.82, 2.24) is 4.98 Å². The summed E-state index contributed by atoms with van der Waals surface area (Å²) in [5, 5.41) is 2.44. The van der Waals surface area contributed by atoms with Gasteiger partial charge in [-0.15, -0.1) is 0 Å². The number of carbonyl (C=O) groups excluding carboxylic acids is 1. The molecular weight excluding hydrogens is 273 g/mol. The molecule has 0 saturated carbocycles. The van der Waals surface area contributed by atoms with E-state index in [1.54, 1.807) is 19.9 Å². The first kappa shape index (κ1) is 14.8. The van der Waals surface area contributed by atoms with Gasteiger partial charge in [-0.1, -0.05) is 11.8 Å². The van der Waals surface area contributed by atoms with Crippen molar-refractivity contribution in [2.75, 3.05) is 11.9 Å². The summed E-state index contributed by atoms with van der Waals surface area (Å²) in [6.45, 7) is 3.48. The molecule has 2 aromatic rings. The van der Waals surface area contributed by atoms with E-state index in [4.69, 9.17) is 10.2 Å². The normalized spacial score (nSPS) is 9.90. The summed E-state index contributed by atoms with van der Waals surface area (Å²) in [5.74, 6) is 4.66. The van der Waals surface area contributed by atoms with Gasteiger partial charge in [0.15, 0.2) is 5.89 Å². The van der Waals surface area contributed by atoms with Gasteiger partial charge in [0.25, 0.3) is 5.91 Å². The first-order valence-electron chi connectivity index (χ1n) is 6.25. The predicted octanol–water partition coefficient (Wildman–Crippen LogP) is 1.99. The molecular formula is C15H14FN3O2. The Balaban J connectivity index is 2.20. The molecule has 0 spiro atoms. The molecule has 0 saturated heterocycles. The fourth-order valence-electron chi connectivity index (χ4n) is 1.77. The Morgan fingerprint density at radius 3 is 2.81 bits per heavy atom. The Kier molecular flexibility index (Phi) is 4.36. The molecule has 0 aliphatic rings. The van der Waals surface area contributed by atoms with E-state index in [-0.39, 0.29) is 18.0 Å². The molecule has 2 rings (SSSR count). The molecule has 5 nitrogen and oxygen atoms in total. The van der Waals surface area contributed by atoms with Crippen LogP contribution in [0.2, 0.25) is 0 Å². The summed E-state index contributed by atoms with van der Waals surface area (Å²) in [6, 6.07) is 4.27. The summed E-state index contributed by atoms with van der Waals surface area (Å²) in [6.07, 6.45) is 0. The van der Waals surface area contributed by atoms with Gasteiger partial charge in [0.2, 0.25) is 5.76 Å². The van der Waals surface area contributed by atoms with E-state index in [2.05, 4.69) is 22.1 Å². The number of halogens is 1. The van der Waals surface area contributed by atoms with Crippen molar-refractivity contribution in [3.8, 4) is 11.8 Å². The van der Waals surface area contributed by atoms with Crippen molar-refractivity contribution >= 4 is 11.6 Å². The van der Waals surface area contributed by atoms with Gasteiger partial charge in [-0.3, -0.25) is 4.79 Å². The molecule has 108 valence electrons. The van der Waals surface area contributed by atoms with E-state index in [9.17, 15) is 9.18 Å². The average molecular weight is 287 g/mol. The molecule has 6 heteroatoms.